The fourth-order valence-electron chi connectivity index (χ4n) is 3.83. The molecule has 138 valence electrons. The summed E-state index contributed by atoms with van der Waals surface area (Å²) in [5.74, 6) is 0.823. The van der Waals surface area contributed by atoms with Gasteiger partial charge in [-0.05, 0) is 49.9 Å². The van der Waals surface area contributed by atoms with Crippen LogP contribution in [0.1, 0.15) is 36.0 Å². The number of carbonyl (C=O) groups excluding carboxylic acids is 1. The van der Waals surface area contributed by atoms with E-state index < -0.39 is 0 Å². The van der Waals surface area contributed by atoms with Crippen molar-refractivity contribution in [2.45, 2.75) is 37.8 Å². The van der Waals surface area contributed by atoms with Crippen LogP contribution in [0.2, 0.25) is 0 Å². The minimum absolute atomic E-state index is 0.00794. The third-order valence-electron chi connectivity index (χ3n) is 5.36. The van der Waals surface area contributed by atoms with E-state index in [-0.39, 0.29) is 11.9 Å². The minimum atomic E-state index is 0.00794. The summed E-state index contributed by atoms with van der Waals surface area (Å²) in [5.41, 5.74) is 1.68. The number of ether oxygens (including phenoxy) is 1. The third-order valence-corrected chi connectivity index (χ3v) is 5.36. The zero-order valence-electron chi connectivity index (χ0n) is 15.0. The Kier molecular flexibility index (Phi) is 5.37. The van der Waals surface area contributed by atoms with E-state index in [1.54, 1.807) is 6.26 Å². The van der Waals surface area contributed by atoms with Gasteiger partial charge in [0.05, 0.1) is 12.4 Å². The minimum Gasteiger partial charge on any atom is -0.464 e. The van der Waals surface area contributed by atoms with Crippen LogP contribution in [0.15, 0.2) is 47.1 Å². The van der Waals surface area contributed by atoms with Crippen LogP contribution in [0.4, 0.5) is 0 Å². The molecule has 2 aliphatic heterocycles. The molecule has 0 aliphatic carbocycles. The first-order valence-corrected chi connectivity index (χ1v) is 9.57. The second-order valence-electron chi connectivity index (χ2n) is 7.24. The summed E-state index contributed by atoms with van der Waals surface area (Å²) in [6.45, 7) is 4.01. The largest absolute Gasteiger partial charge is 0.464 e. The van der Waals surface area contributed by atoms with Crippen molar-refractivity contribution in [2.75, 3.05) is 26.2 Å². The van der Waals surface area contributed by atoms with Gasteiger partial charge in [0.15, 0.2) is 0 Å². The van der Waals surface area contributed by atoms with Crippen LogP contribution in [0.3, 0.4) is 0 Å². The molecule has 0 bridgehead atoms. The SMILES string of the molecule is O=C(NC1CCN(CC2CCCO2)CC1)c1ccc(-c2ccco2)cc1. The summed E-state index contributed by atoms with van der Waals surface area (Å²) < 4.78 is 11.1. The molecule has 2 fully saturated rings. The van der Waals surface area contributed by atoms with E-state index in [0.717, 1.165) is 50.4 Å². The highest BCUT2D eigenvalue weighted by atomic mass is 16.5. The van der Waals surface area contributed by atoms with E-state index in [2.05, 4.69) is 10.2 Å². The predicted octanol–water partition coefficient (Wildman–Crippen LogP) is 3.32. The molecule has 5 nitrogen and oxygen atoms in total. The van der Waals surface area contributed by atoms with E-state index in [4.69, 9.17) is 9.15 Å². The summed E-state index contributed by atoms with van der Waals surface area (Å²) in [7, 11) is 0. The van der Waals surface area contributed by atoms with Crippen LogP contribution in [0, 0.1) is 0 Å². The highest BCUT2D eigenvalue weighted by molar-refractivity contribution is 5.94. The molecule has 1 unspecified atom stereocenters. The Bertz CT molecular complexity index is 697. The molecule has 3 heterocycles. The maximum atomic E-state index is 12.5. The van der Waals surface area contributed by atoms with Crippen molar-refractivity contribution >= 4 is 5.91 Å². The van der Waals surface area contributed by atoms with Gasteiger partial charge in [0.25, 0.3) is 5.91 Å². The number of rotatable bonds is 5. The Morgan fingerprint density at radius 2 is 1.92 bits per heavy atom. The summed E-state index contributed by atoms with van der Waals surface area (Å²) in [4.78, 5) is 15.0. The molecule has 1 N–H and O–H groups in total. The van der Waals surface area contributed by atoms with Crippen molar-refractivity contribution in [1.82, 2.24) is 10.2 Å². The highest BCUT2D eigenvalue weighted by Crippen LogP contribution is 2.21. The maximum Gasteiger partial charge on any atom is 0.251 e. The first-order valence-electron chi connectivity index (χ1n) is 9.57. The van der Waals surface area contributed by atoms with Gasteiger partial charge in [0.1, 0.15) is 5.76 Å². The van der Waals surface area contributed by atoms with Crippen LogP contribution < -0.4 is 5.32 Å². The summed E-state index contributed by atoms with van der Waals surface area (Å²) in [6.07, 6.45) is 6.45. The van der Waals surface area contributed by atoms with Crippen molar-refractivity contribution < 1.29 is 13.9 Å². The lowest BCUT2D eigenvalue weighted by Crippen LogP contribution is -2.46. The topological polar surface area (TPSA) is 54.7 Å². The van der Waals surface area contributed by atoms with Gasteiger partial charge >= 0.3 is 0 Å². The Hall–Kier alpha value is -2.11. The van der Waals surface area contributed by atoms with E-state index in [0.29, 0.717) is 11.7 Å². The van der Waals surface area contributed by atoms with Crippen LogP contribution >= 0.6 is 0 Å². The molecule has 0 radical (unpaired) electrons. The number of benzene rings is 1. The number of furan rings is 1. The van der Waals surface area contributed by atoms with Gasteiger partial charge in [-0.3, -0.25) is 4.79 Å². The first kappa shape index (κ1) is 17.3. The van der Waals surface area contributed by atoms with Gasteiger partial charge in [-0.25, -0.2) is 0 Å². The lowest BCUT2D eigenvalue weighted by molar-refractivity contribution is 0.0613. The molecular formula is C21H26N2O3. The predicted molar refractivity (Wildman–Crippen MR) is 100 cm³/mol. The molecule has 1 atom stereocenters. The van der Waals surface area contributed by atoms with Crippen molar-refractivity contribution in [2.24, 2.45) is 0 Å². The van der Waals surface area contributed by atoms with Crippen LogP contribution in [0.5, 0.6) is 0 Å². The Labute approximate surface area is 154 Å². The molecule has 2 aromatic rings. The molecule has 0 saturated carbocycles. The maximum absolute atomic E-state index is 12.5. The summed E-state index contributed by atoms with van der Waals surface area (Å²) in [5, 5.41) is 3.18. The van der Waals surface area contributed by atoms with Gasteiger partial charge < -0.3 is 19.4 Å². The number of nitrogens with zero attached hydrogens (tertiary/aromatic N) is 1. The molecule has 1 amide bonds. The fourth-order valence-corrected chi connectivity index (χ4v) is 3.83. The Morgan fingerprint density at radius 3 is 2.58 bits per heavy atom. The number of carbonyl (C=O) groups is 1. The smallest absolute Gasteiger partial charge is 0.251 e. The zero-order valence-corrected chi connectivity index (χ0v) is 15.0. The zero-order chi connectivity index (χ0) is 17.8. The number of hydrogen-bond donors (Lipinski definition) is 1. The lowest BCUT2D eigenvalue weighted by atomic mass is 10.0. The molecule has 26 heavy (non-hydrogen) atoms. The molecule has 4 rings (SSSR count). The highest BCUT2D eigenvalue weighted by Gasteiger charge is 2.24. The molecule has 2 aliphatic rings. The number of hydrogen-bond acceptors (Lipinski definition) is 4. The van der Waals surface area contributed by atoms with E-state index in [9.17, 15) is 4.79 Å². The van der Waals surface area contributed by atoms with Crippen molar-refractivity contribution in [3.05, 3.63) is 48.2 Å². The second-order valence-corrected chi connectivity index (χ2v) is 7.24. The van der Waals surface area contributed by atoms with Crippen LogP contribution in [0.25, 0.3) is 11.3 Å². The molecule has 0 spiro atoms. The molecular weight excluding hydrogens is 328 g/mol. The number of amides is 1. The number of piperidine rings is 1. The standard InChI is InChI=1S/C21H26N2O3/c24-21(17-7-5-16(6-8-17)20-4-2-14-26-20)22-18-9-11-23(12-10-18)15-19-3-1-13-25-19/h2,4-8,14,18-19H,1,3,9-13,15H2,(H,22,24). The quantitative estimate of drug-likeness (QED) is 0.895. The van der Waals surface area contributed by atoms with Crippen LogP contribution in [-0.4, -0.2) is 49.2 Å². The van der Waals surface area contributed by atoms with E-state index in [1.807, 2.05) is 36.4 Å². The molecule has 1 aromatic carbocycles. The summed E-state index contributed by atoms with van der Waals surface area (Å²) >= 11 is 0. The van der Waals surface area contributed by atoms with Gasteiger partial charge in [0.2, 0.25) is 0 Å². The van der Waals surface area contributed by atoms with Crippen LogP contribution in [-0.2, 0) is 4.74 Å². The average Bonchev–Trinajstić information content (AvgIpc) is 3.37. The Morgan fingerprint density at radius 1 is 1.12 bits per heavy atom. The normalized spacial score (nSPS) is 21.8. The van der Waals surface area contributed by atoms with Crippen molar-refractivity contribution in [3.63, 3.8) is 0 Å². The van der Waals surface area contributed by atoms with Gasteiger partial charge in [0, 0.05) is 43.4 Å². The summed E-state index contributed by atoms with van der Waals surface area (Å²) in [6, 6.07) is 11.6. The average molecular weight is 354 g/mol. The lowest BCUT2D eigenvalue weighted by Gasteiger charge is -2.33. The molecule has 2 saturated heterocycles. The fraction of sp³-hybridized carbons (Fsp3) is 0.476. The van der Waals surface area contributed by atoms with Gasteiger partial charge in [-0.2, -0.15) is 0 Å². The molecule has 1 aromatic heterocycles. The second kappa shape index (κ2) is 8.06. The van der Waals surface area contributed by atoms with Gasteiger partial charge in [-0.15, -0.1) is 0 Å². The molecule has 5 heteroatoms. The van der Waals surface area contributed by atoms with E-state index in [1.165, 1.54) is 12.8 Å². The number of nitrogens with one attached hydrogen (secondary N) is 1. The van der Waals surface area contributed by atoms with Crippen molar-refractivity contribution in [3.8, 4) is 11.3 Å². The Balaban J connectivity index is 1.26. The monoisotopic (exact) mass is 354 g/mol. The van der Waals surface area contributed by atoms with Gasteiger partial charge in [-0.1, -0.05) is 12.1 Å². The first-order chi connectivity index (χ1) is 12.8. The van der Waals surface area contributed by atoms with Crippen molar-refractivity contribution in [1.29, 1.82) is 0 Å². The third kappa shape index (κ3) is 4.17. The van der Waals surface area contributed by atoms with E-state index >= 15 is 0 Å². The number of likely N-dealkylation sites (tertiary alicyclic amines) is 1.